The number of unbranched alkanes of at least 4 members (excludes halogenated alkanes) is 43. The molecule has 2 heterocycles. The van der Waals surface area contributed by atoms with Gasteiger partial charge in [0.1, 0.15) is 48.8 Å². The number of nitrogens with one attached hydrogen (secondary N) is 1. The molecule has 14 heteroatoms. The Morgan fingerprint density at radius 3 is 1.15 bits per heavy atom. The predicted octanol–water partition coefficient (Wildman–Crippen LogP) is 13.0. The van der Waals surface area contributed by atoms with Gasteiger partial charge in [0, 0.05) is 6.42 Å². The highest BCUT2D eigenvalue weighted by molar-refractivity contribution is 5.76. The zero-order valence-corrected chi connectivity index (χ0v) is 51.4. The van der Waals surface area contributed by atoms with E-state index in [9.17, 15) is 45.6 Å². The van der Waals surface area contributed by atoms with Gasteiger partial charge in [0.25, 0.3) is 0 Å². The second-order valence-electron chi connectivity index (χ2n) is 24.3. The van der Waals surface area contributed by atoms with Gasteiger partial charge in [-0.1, -0.05) is 296 Å². The fraction of sp³-hybridized carbons (Fsp3) is 0.955. The number of aliphatic hydroxyl groups is 8. The molecule has 0 aromatic heterocycles. The van der Waals surface area contributed by atoms with Crippen LogP contribution in [-0.2, 0) is 23.7 Å². The van der Waals surface area contributed by atoms with Crippen molar-refractivity contribution in [3.05, 3.63) is 12.2 Å². The van der Waals surface area contributed by atoms with Crippen LogP contribution in [0.1, 0.15) is 309 Å². The Morgan fingerprint density at radius 2 is 0.775 bits per heavy atom. The summed E-state index contributed by atoms with van der Waals surface area (Å²) >= 11 is 0. The van der Waals surface area contributed by atoms with Crippen LogP contribution in [0.25, 0.3) is 0 Å². The van der Waals surface area contributed by atoms with Gasteiger partial charge in [-0.25, -0.2) is 0 Å². The van der Waals surface area contributed by atoms with E-state index in [1.165, 1.54) is 244 Å². The van der Waals surface area contributed by atoms with Crippen LogP contribution < -0.4 is 5.32 Å². The zero-order chi connectivity index (χ0) is 58.1. The summed E-state index contributed by atoms with van der Waals surface area (Å²) in [5.41, 5.74) is 0. The third-order valence-electron chi connectivity index (χ3n) is 17.0. The highest BCUT2D eigenvalue weighted by Crippen LogP contribution is 2.30. The molecule has 80 heavy (non-hydrogen) atoms. The van der Waals surface area contributed by atoms with Gasteiger partial charge >= 0.3 is 0 Å². The first-order valence-corrected chi connectivity index (χ1v) is 33.9. The Labute approximate surface area is 488 Å². The van der Waals surface area contributed by atoms with Crippen LogP contribution in [0.5, 0.6) is 0 Å². The zero-order valence-electron chi connectivity index (χ0n) is 51.4. The molecule has 0 radical (unpaired) electrons. The number of ether oxygens (including phenoxy) is 4. The average Bonchev–Trinajstić information content (AvgIpc) is 3.54. The number of hydrogen-bond donors (Lipinski definition) is 9. The van der Waals surface area contributed by atoms with Crippen molar-refractivity contribution in [3.8, 4) is 0 Å². The van der Waals surface area contributed by atoms with Crippen molar-refractivity contribution < 1.29 is 64.6 Å². The fourth-order valence-electron chi connectivity index (χ4n) is 11.5. The summed E-state index contributed by atoms with van der Waals surface area (Å²) in [5, 5.41) is 87.0. The quantitative estimate of drug-likeness (QED) is 0.0204. The summed E-state index contributed by atoms with van der Waals surface area (Å²) in [7, 11) is 0. The lowest BCUT2D eigenvalue weighted by atomic mass is 9.97. The van der Waals surface area contributed by atoms with Gasteiger partial charge in [0.15, 0.2) is 12.6 Å². The highest BCUT2D eigenvalue weighted by Gasteiger charge is 2.51. The van der Waals surface area contributed by atoms with E-state index in [0.29, 0.717) is 6.42 Å². The molecule has 0 saturated carbocycles. The van der Waals surface area contributed by atoms with Crippen LogP contribution >= 0.6 is 0 Å². The lowest BCUT2D eigenvalue weighted by Crippen LogP contribution is -2.65. The molecule has 2 aliphatic rings. The number of rotatable bonds is 56. The molecular formula is C66H127NO13. The van der Waals surface area contributed by atoms with Crippen molar-refractivity contribution in [3.63, 3.8) is 0 Å². The van der Waals surface area contributed by atoms with Gasteiger partial charge in [0.2, 0.25) is 5.91 Å². The summed E-state index contributed by atoms with van der Waals surface area (Å²) in [5.74, 6) is -0.235. The molecule has 12 unspecified atom stereocenters. The number of hydrogen-bond acceptors (Lipinski definition) is 13. The smallest absolute Gasteiger partial charge is 0.220 e. The van der Waals surface area contributed by atoms with Gasteiger partial charge in [0.05, 0.1) is 32.0 Å². The van der Waals surface area contributed by atoms with Crippen molar-refractivity contribution in [2.45, 2.75) is 383 Å². The van der Waals surface area contributed by atoms with Gasteiger partial charge in [-0.3, -0.25) is 4.79 Å². The minimum absolute atomic E-state index is 0.235. The minimum atomic E-state index is -1.79. The second kappa shape index (κ2) is 52.1. The van der Waals surface area contributed by atoms with Crippen molar-refractivity contribution in [1.29, 1.82) is 0 Å². The molecule has 0 bridgehead atoms. The number of aliphatic hydroxyl groups excluding tert-OH is 8. The first-order valence-electron chi connectivity index (χ1n) is 33.9. The van der Waals surface area contributed by atoms with Crippen molar-refractivity contribution >= 4 is 5.91 Å². The van der Waals surface area contributed by atoms with E-state index in [4.69, 9.17) is 18.9 Å². The monoisotopic (exact) mass is 1140 g/mol. The largest absolute Gasteiger partial charge is 0.394 e. The Kier molecular flexibility index (Phi) is 48.7. The molecule has 474 valence electrons. The van der Waals surface area contributed by atoms with Gasteiger partial charge < -0.3 is 65.1 Å². The Hall–Kier alpha value is -1.27. The number of allylic oxidation sites excluding steroid dienone is 1. The van der Waals surface area contributed by atoms with Crippen LogP contribution in [0.3, 0.4) is 0 Å². The molecule has 0 aliphatic carbocycles. The molecule has 2 fully saturated rings. The van der Waals surface area contributed by atoms with E-state index in [2.05, 4.69) is 19.2 Å². The molecule has 2 rings (SSSR count). The number of carbonyl (C=O) groups excluding carboxylic acids is 1. The lowest BCUT2D eigenvalue weighted by molar-refractivity contribution is -0.359. The average molecular weight is 1140 g/mol. The van der Waals surface area contributed by atoms with E-state index in [-0.39, 0.29) is 18.9 Å². The van der Waals surface area contributed by atoms with Crippen LogP contribution in [-0.4, -0.2) is 140 Å². The summed E-state index contributed by atoms with van der Waals surface area (Å²) in [6.07, 6.45) is 46.0. The molecular weight excluding hydrogens is 1010 g/mol. The Balaban J connectivity index is 1.54. The van der Waals surface area contributed by atoms with Gasteiger partial charge in [-0.15, -0.1) is 0 Å². The molecule has 2 aliphatic heterocycles. The Morgan fingerprint density at radius 1 is 0.438 bits per heavy atom. The lowest BCUT2D eigenvalue weighted by Gasteiger charge is -2.46. The molecule has 1 amide bonds. The maximum atomic E-state index is 13.2. The van der Waals surface area contributed by atoms with Crippen LogP contribution in [0.15, 0.2) is 12.2 Å². The normalized spacial score (nSPS) is 24.2. The maximum absolute atomic E-state index is 13.2. The SMILES string of the molecule is CCCCCCCCCC/C=C/C(O)C(COC1OC(CO)C(OC2OC(CO)C(O)C(O)C2O)C(O)C1O)NC(=O)CCCCCCCCCCCCCCCCCCCCCCCCCCCCCCCCCCCCCC. The first-order chi connectivity index (χ1) is 39.1. The van der Waals surface area contributed by atoms with Crippen LogP contribution in [0.2, 0.25) is 0 Å². The van der Waals surface area contributed by atoms with E-state index >= 15 is 0 Å². The Bertz CT molecular complexity index is 1390. The summed E-state index contributed by atoms with van der Waals surface area (Å²) < 4.78 is 22.8. The van der Waals surface area contributed by atoms with Crippen molar-refractivity contribution in [2.75, 3.05) is 19.8 Å². The van der Waals surface area contributed by atoms with E-state index in [0.717, 1.165) is 38.5 Å². The van der Waals surface area contributed by atoms with Crippen molar-refractivity contribution in [1.82, 2.24) is 5.32 Å². The first kappa shape index (κ1) is 74.8. The topological polar surface area (TPSA) is 228 Å². The highest BCUT2D eigenvalue weighted by atomic mass is 16.7. The molecule has 12 atom stereocenters. The fourth-order valence-corrected chi connectivity index (χ4v) is 11.5. The summed E-state index contributed by atoms with van der Waals surface area (Å²) in [6, 6.07) is -0.908. The maximum Gasteiger partial charge on any atom is 0.220 e. The number of carbonyl (C=O) groups is 1. The van der Waals surface area contributed by atoms with Gasteiger partial charge in [-0.2, -0.15) is 0 Å². The third-order valence-corrected chi connectivity index (χ3v) is 17.0. The van der Waals surface area contributed by atoms with E-state index in [1.54, 1.807) is 6.08 Å². The van der Waals surface area contributed by atoms with E-state index < -0.39 is 86.8 Å². The second-order valence-corrected chi connectivity index (χ2v) is 24.3. The third kappa shape index (κ3) is 36.5. The van der Waals surface area contributed by atoms with Crippen LogP contribution in [0.4, 0.5) is 0 Å². The molecule has 14 nitrogen and oxygen atoms in total. The standard InChI is InChI=1S/C66H127NO13/c1-3-5-7-9-11-13-15-16-17-18-19-20-21-22-23-24-25-26-27-28-29-30-31-32-33-34-35-36-37-38-39-40-42-44-46-48-50-58(71)67-54(55(70)49-47-45-43-41-14-12-10-8-6-4-2)53-77-65-63(76)61(74)64(57(52-69)79-65)80-66-62(75)60(73)59(72)56(51-68)78-66/h47,49,54-57,59-66,68-70,72-76H,3-46,48,50-53H2,1-2H3,(H,67,71)/b49-47+. The minimum Gasteiger partial charge on any atom is -0.394 e. The number of amides is 1. The van der Waals surface area contributed by atoms with Crippen LogP contribution in [0, 0.1) is 0 Å². The van der Waals surface area contributed by atoms with Gasteiger partial charge in [-0.05, 0) is 19.3 Å². The molecule has 2 saturated heterocycles. The molecule has 0 spiro atoms. The van der Waals surface area contributed by atoms with Crippen molar-refractivity contribution in [2.24, 2.45) is 0 Å². The summed E-state index contributed by atoms with van der Waals surface area (Å²) in [4.78, 5) is 13.2. The van der Waals surface area contributed by atoms with E-state index in [1.807, 2.05) is 6.08 Å². The summed E-state index contributed by atoms with van der Waals surface area (Å²) in [6.45, 7) is 2.80. The molecule has 0 aromatic carbocycles. The molecule has 0 aromatic rings. The molecule has 9 N–H and O–H groups in total. The predicted molar refractivity (Wildman–Crippen MR) is 323 cm³/mol.